The molecule has 0 aliphatic rings. The molecule has 0 spiro atoms. The number of ether oxygens (including phenoxy) is 2. The molecule has 0 fully saturated rings. The van der Waals surface area contributed by atoms with Crippen LogP contribution in [-0.4, -0.2) is 35.0 Å². The van der Waals surface area contributed by atoms with Gasteiger partial charge in [-0.3, -0.25) is 14.9 Å². The van der Waals surface area contributed by atoms with Crippen molar-refractivity contribution in [2.45, 2.75) is 26.2 Å². The van der Waals surface area contributed by atoms with Gasteiger partial charge in [-0.2, -0.15) is 9.78 Å². The lowest BCUT2D eigenvalue weighted by Crippen LogP contribution is -2.29. The van der Waals surface area contributed by atoms with Crippen LogP contribution in [0.1, 0.15) is 32.2 Å². The van der Waals surface area contributed by atoms with Gasteiger partial charge < -0.3 is 9.47 Å². The van der Waals surface area contributed by atoms with Gasteiger partial charge in [0.05, 0.1) is 47.9 Å². The highest BCUT2D eigenvalue weighted by molar-refractivity contribution is 9.10. The molecule has 2 aromatic carbocycles. The topological polar surface area (TPSA) is 109 Å². The molecule has 0 amide bonds. The van der Waals surface area contributed by atoms with E-state index in [1.807, 2.05) is 26.8 Å². The van der Waals surface area contributed by atoms with Gasteiger partial charge in [-0.15, -0.1) is 0 Å². The lowest BCUT2D eigenvalue weighted by molar-refractivity contribution is -0.385. The maximum Gasteiger partial charge on any atom is 0.282 e. The van der Waals surface area contributed by atoms with Crippen LogP contribution >= 0.6 is 15.9 Å². The van der Waals surface area contributed by atoms with Gasteiger partial charge in [0, 0.05) is 9.89 Å². The predicted molar refractivity (Wildman–Crippen MR) is 122 cm³/mol. The summed E-state index contributed by atoms with van der Waals surface area (Å²) in [6, 6.07) is 7.92. The van der Waals surface area contributed by atoms with Crippen LogP contribution in [-0.2, 0) is 5.41 Å². The first-order chi connectivity index (χ1) is 14.6. The minimum atomic E-state index is -0.549. The molecule has 0 N–H and O–H groups in total. The van der Waals surface area contributed by atoms with Gasteiger partial charge in [0.25, 0.3) is 11.2 Å². The summed E-state index contributed by atoms with van der Waals surface area (Å²) in [6.07, 6.45) is 1.25. The number of hydrogen-bond acceptors (Lipinski definition) is 7. The molecule has 162 valence electrons. The fourth-order valence-corrected chi connectivity index (χ4v) is 3.37. The molecule has 0 aliphatic heterocycles. The van der Waals surface area contributed by atoms with Gasteiger partial charge in [-0.1, -0.05) is 36.7 Å². The molecule has 0 unspecified atom stereocenters. The number of hydrogen-bond donors (Lipinski definition) is 0. The lowest BCUT2D eigenvalue weighted by Gasteiger charge is -2.20. The fraction of sp³-hybridized carbons (Fsp3) is 0.286. The standard InChI is InChI=1S/C21H21BrN4O5/c1-21(2,3)20-24-15-7-6-13(22)9-14(15)19(27)25(20)23-11-12-8-17(30-4)18(31-5)10-16(12)26(28)29/h6-11H,1-5H3. The van der Waals surface area contributed by atoms with Crippen molar-refractivity contribution in [3.63, 3.8) is 0 Å². The molecule has 0 aliphatic carbocycles. The normalized spacial score (nSPS) is 11.8. The summed E-state index contributed by atoms with van der Waals surface area (Å²) in [7, 11) is 2.82. The largest absolute Gasteiger partial charge is 0.493 e. The molecule has 10 heteroatoms. The molecule has 3 aromatic rings. The quantitative estimate of drug-likeness (QED) is 0.301. The zero-order chi connectivity index (χ0) is 22.9. The number of nitro groups is 1. The Labute approximate surface area is 186 Å². The fourth-order valence-electron chi connectivity index (χ4n) is 3.01. The van der Waals surface area contributed by atoms with Crippen molar-refractivity contribution in [3.8, 4) is 11.5 Å². The maximum atomic E-state index is 13.2. The van der Waals surface area contributed by atoms with E-state index >= 15 is 0 Å². The van der Waals surface area contributed by atoms with E-state index in [0.29, 0.717) is 22.5 Å². The Hall–Kier alpha value is -3.27. The number of nitrogens with zero attached hydrogens (tertiary/aromatic N) is 4. The highest BCUT2D eigenvalue weighted by Crippen LogP contribution is 2.33. The van der Waals surface area contributed by atoms with Crippen LogP contribution in [0.15, 0.2) is 44.7 Å². The van der Waals surface area contributed by atoms with Crippen molar-refractivity contribution in [3.05, 3.63) is 66.7 Å². The van der Waals surface area contributed by atoms with Gasteiger partial charge in [0.1, 0.15) is 5.82 Å². The zero-order valence-electron chi connectivity index (χ0n) is 17.7. The maximum absolute atomic E-state index is 13.2. The molecule has 31 heavy (non-hydrogen) atoms. The van der Waals surface area contributed by atoms with Gasteiger partial charge >= 0.3 is 0 Å². The number of methoxy groups -OCH3 is 2. The van der Waals surface area contributed by atoms with E-state index in [1.165, 1.54) is 37.2 Å². The lowest BCUT2D eigenvalue weighted by atomic mass is 9.95. The number of aromatic nitrogens is 2. The van der Waals surface area contributed by atoms with Crippen LogP contribution in [0.5, 0.6) is 11.5 Å². The Balaban J connectivity index is 2.27. The molecule has 0 saturated carbocycles. The third-order valence-electron chi connectivity index (χ3n) is 4.52. The van der Waals surface area contributed by atoms with Crippen LogP contribution in [0.25, 0.3) is 10.9 Å². The van der Waals surface area contributed by atoms with Crippen molar-refractivity contribution in [2.24, 2.45) is 5.10 Å². The average Bonchev–Trinajstić information content (AvgIpc) is 2.71. The molecule has 1 heterocycles. The minimum Gasteiger partial charge on any atom is -0.493 e. The number of rotatable bonds is 5. The van der Waals surface area contributed by atoms with E-state index in [2.05, 4.69) is 26.0 Å². The Morgan fingerprint density at radius 2 is 1.81 bits per heavy atom. The molecule has 0 saturated heterocycles. The van der Waals surface area contributed by atoms with Gasteiger partial charge in [-0.25, -0.2) is 4.98 Å². The van der Waals surface area contributed by atoms with E-state index in [9.17, 15) is 14.9 Å². The van der Waals surface area contributed by atoms with Gasteiger partial charge in [0.15, 0.2) is 11.5 Å². The van der Waals surface area contributed by atoms with Crippen LogP contribution in [0.4, 0.5) is 5.69 Å². The first-order valence-electron chi connectivity index (χ1n) is 9.24. The summed E-state index contributed by atoms with van der Waals surface area (Å²) in [5.74, 6) is 0.946. The SMILES string of the molecule is COc1cc(C=Nn2c(C(C)(C)C)nc3ccc(Br)cc3c2=O)c([N+](=O)[O-])cc1OC. The Bertz CT molecular complexity index is 1260. The summed E-state index contributed by atoms with van der Waals surface area (Å²) >= 11 is 3.36. The van der Waals surface area contributed by atoms with Crippen molar-refractivity contribution in [1.29, 1.82) is 0 Å². The zero-order valence-corrected chi connectivity index (χ0v) is 19.3. The summed E-state index contributed by atoms with van der Waals surface area (Å²) in [6.45, 7) is 5.72. The second-order valence-corrected chi connectivity index (χ2v) is 8.65. The number of halogens is 1. The first-order valence-corrected chi connectivity index (χ1v) is 10.0. The van der Waals surface area contributed by atoms with Crippen LogP contribution in [0.3, 0.4) is 0 Å². The second-order valence-electron chi connectivity index (χ2n) is 7.73. The molecule has 0 bridgehead atoms. The van der Waals surface area contributed by atoms with Gasteiger partial charge in [-0.05, 0) is 24.3 Å². The van der Waals surface area contributed by atoms with E-state index in [4.69, 9.17) is 9.47 Å². The third kappa shape index (κ3) is 4.43. The van der Waals surface area contributed by atoms with Gasteiger partial charge in [0.2, 0.25) is 0 Å². The predicted octanol–water partition coefficient (Wildman–Crippen LogP) is 4.26. The third-order valence-corrected chi connectivity index (χ3v) is 5.01. The summed E-state index contributed by atoms with van der Waals surface area (Å²) in [5.41, 5.74) is -0.425. The van der Waals surface area contributed by atoms with Crippen molar-refractivity contribution in [1.82, 2.24) is 9.66 Å². The molecule has 0 atom stereocenters. The van der Waals surface area contributed by atoms with E-state index in [0.717, 1.165) is 4.47 Å². The Morgan fingerprint density at radius 1 is 1.16 bits per heavy atom. The number of nitro benzene ring substituents is 1. The molecule has 3 rings (SSSR count). The van der Waals surface area contributed by atoms with E-state index in [-0.39, 0.29) is 22.6 Å². The van der Waals surface area contributed by atoms with Crippen molar-refractivity contribution >= 4 is 38.7 Å². The smallest absolute Gasteiger partial charge is 0.282 e. The molecular formula is C21H21BrN4O5. The van der Waals surface area contributed by atoms with Crippen molar-refractivity contribution < 1.29 is 14.4 Å². The summed E-state index contributed by atoms with van der Waals surface area (Å²) < 4.78 is 12.3. The monoisotopic (exact) mass is 488 g/mol. The van der Waals surface area contributed by atoms with Crippen molar-refractivity contribution in [2.75, 3.05) is 14.2 Å². The van der Waals surface area contributed by atoms with E-state index < -0.39 is 10.3 Å². The highest BCUT2D eigenvalue weighted by Gasteiger charge is 2.24. The number of fused-ring (bicyclic) bond motifs is 1. The highest BCUT2D eigenvalue weighted by atomic mass is 79.9. The second kappa shape index (κ2) is 8.46. The molecule has 0 radical (unpaired) electrons. The molecule has 1 aromatic heterocycles. The number of benzene rings is 2. The first kappa shape index (κ1) is 22.4. The van der Waals surface area contributed by atoms with E-state index in [1.54, 1.807) is 12.1 Å². The summed E-state index contributed by atoms with van der Waals surface area (Å²) in [5, 5.41) is 16.2. The van der Waals surface area contributed by atoms with Crippen LogP contribution < -0.4 is 15.0 Å². The Morgan fingerprint density at radius 3 is 2.39 bits per heavy atom. The van der Waals surface area contributed by atoms with Crippen LogP contribution in [0, 0.1) is 10.1 Å². The molecular weight excluding hydrogens is 468 g/mol. The Kier molecular flexibility index (Phi) is 6.12. The molecule has 9 nitrogen and oxygen atoms in total. The van der Waals surface area contributed by atoms with Crippen LogP contribution in [0.2, 0.25) is 0 Å². The summed E-state index contributed by atoms with van der Waals surface area (Å²) in [4.78, 5) is 28.9. The minimum absolute atomic E-state index is 0.156. The average molecular weight is 489 g/mol.